The van der Waals surface area contributed by atoms with Crippen LogP contribution in [0, 0.1) is 0 Å². The third kappa shape index (κ3) is 43.6. The zero-order valence-corrected chi connectivity index (χ0v) is 38.4. The Balaban J connectivity index is 3.52. The number of aliphatic hydroxyl groups is 3. The molecular formula is C53H97NO4. The van der Waals surface area contributed by atoms with E-state index in [0.717, 1.165) is 51.4 Å². The van der Waals surface area contributed by atoms with Crippen LogP contribution in [0.3, 0.4) is 0 Å². The maximum Gasteiger partial charge on any atom is 0.222 e. The first-order valence-corrected chi connectivity index (χ1v) is 25.1. The van der Waals surface area contributed by atoms with Crippen molar-refractivity contribution in [2.45, 2.75) is 263 Å². The zero-order chi connectivity index (χ0) is 42.3. The van der Waals surface area contributed by atoms with Gasteiger partial charge in [0, 0.05) is 0 Å². The van der Waals surface area contributed by atoms with Gasteiger partial charge in [-0.2, -0.15) is 0 Å². The summed E-state index contributed by atoms with van der Waals surface area (Å²) in [6.45, 7) is 4.07. The van der Waals surface area contributed by atoms with E-state index in [4.69, 9.17) is 0 Å². The standard InChI is InChI=1S/C53H97NO4/c1-3-5-7-9-11-13-15-16-17-18-19-20-21-22-23-24-25-26-27-28-29-30-31-32-33-34-35-36-37-38-40-42-44-46-50(56)48-53(58)54-51(49-55)52(57)47-45-43-41-39-14-12-10-8-6-4-2/h6,8,14,21-22,24-25,39,45,47,50-52,55-57H,3-5,7,9-13,15-20,23,26-38,40-44,46,48-49H2,1-2H3,(H,54,58)/b8-6+,22-21-,25-24-,39-14+,47-45+. The van der Waals surface area contributed by atoms with Crippen molar-refractivity contribution in [3.05, 3.63) is 60.8 Å². The summed E-state index contributed by atoms with van der Waals surface area (Å²) in [6.07, 6.45) is 64.2. The van der Waals surface area contributed by atoms with E-state index in [-0.39, 0.29) is 18.9 Å². The highest BCUT2D eigenvalue weighted by Gasteiger charge is 2.20. The van der Waals surface area contributed by atoms with E-state index in [0.29, 0.717) is 6.42 Å². The third-order valence-corrected chi connectivity index (χ3v) is 11.3. The summed E-state index contributed by atoms with van der Waals surface area (Å²) in [4.78, 5) is 12.4. The molecule has 5 nitrogen and oxygen atoms in total. The number of rotatable bonds is 45. The lowest BCUT2D eigenvalue weighted by atomic mass is 10.0. The van der Waals surface area contributed by atoms with Crippen molar-refractivity contribution in [3.63, 3.8) is 0 Å². The molecule has 0 saturated heterocycles. The lowest BCUT2D eigenvalue weighted by Gasteiger charge is -2.21. The maximum absolute atomic E-state index is 12.4. The fourth-order valence-corrected chi connectivity index (χ4v) is 7.47. The van der Waals surface area contributed by atoms with E-state index in [1.165, 1.54) is 167 Å². The fraction of sp³-hybridized carbons (Fsp3) is 0.792. The minimum atomic E-state index is -0.959. The maximum atomic E-state index is 12.4. The molecule has 3 atom stereocenters. The summed E-state index contributed by atoms with van der Waals surface area (Å²) in [5.41, 5.74) is 0. The molecule has 1 amide bonds. The molecule has 5 heteroatoms. The molecule has 0 heterocycles. The topological polar surface area (TPSA) is 89.8 Å². The van der Waals surface area contributed by atoms with Gasteiger partial charge in [0.05, 0.1) is 31.3 Å². The molecule has 0 bridgehead atoms. The molecule has 3 unspecified atom stereocenters. The van der Waals surface area contributed by atoms with Crippen molar-refractivity contribution in [1.29, 1.82) is 0 Å². The zero-order valence-electron chi connectivity index (χ0n) is 38.4. The van der Waals surface area contributed by atoms with Gasteiger partial charge < -0.3 is 20.6 Å². The largest absolute Gasteiger partial charge is 0.394 e. The Bertz CT molecular complexity index is 985. The summed E-state index contributed by atoms with van der Waals surface area (Å²) >= 11 is 0. The lowest BCUT2D eigenvalue weighted by Crippen LogP contribution is -2.45. The smallest absolute Gasteiger partial charge is 0.222 e. The highest BCUT2D eigenvalue weighted by Crippen LogP contribution is 2.16. The lowest BCUT2D eigenvalue weighted by molar-refractivity contribution is -0.124. The molecule has 0 aliphatic rings. The Hall–Kier alpha value is -1.95. The predicted molar refractivity (Wildman–Crippen MR) is 254 cm³/mol. The number of hydrogen-bond acceptors (Lipinski definition) is 4. The number of carbonyl (C=O) groups excluding carboxylic acids is 1. The van der Waals surface area contributed by atoms with E-state index in [2.05, 4.69) is 67.8 Å². The Kier molecular flexibility index (Phi) is 46.1. The van der Waals surface area contributed by atoms with Crippen LogP contribution in [0.5, 0.6) is 0 Å². The molecule has 0 aliphatic heterocycles. The second-order valence-corrected chi connectivity index (χ2v) is 17.0. The summed E-state index contributed by atoms with van der Waals surface area (Å²) < 4.78 is 0. The van der Waals surface area contributed by atoms with Gasteiger partial charge in [-0.1, -0.05) is 229 Å². The number of nitrogens with one attached hydrogen (secondary N) is 1. The van der Waals surface area contributed by atoms with Gasteiger partial charge in [0.2, 0.25) is 5.91 Å². The van der Waals surface area contributed by atoms with Gasteiger partial charge in [-0.25, -0.2) is 0 Å². The first-order chi connectivity index (χ1) is 28.5. The van der Waals surface area contributed by atoms with Crippen LogP contribution in [-0.4, -0.2) is 46.1 Å². The Morgan fingerprint density at radius 1 is 0.466 bits per heavy atom. The normalized spacial score (nSPS) is 13.9. The van der Waals surface area contributed by atoms with Crippen molar-refractivity contribution < 1.29 is 20.1 Å². The molecule has 0 saturated carbocycles. The monoisotopic (exact) mass is 812 g/mol. The van der Waals surface area contributed by atoms with Gasteiger partial charge in [-0.15, -0.1) is 0 Å². The third-order valence-electron chi connectivity index (χ3n) is 11.3. The SMILES string of the molecule is CC/C=C/CC/C=C/CC/C=C/C(O)C(CO)NC(=O)CC(O)CCCCCCCCCCCCCCCCC/C=C\C/C=C\CCCCCCCCCCCCC. The number of aliphatic hydroxyl groups excluding tert-OH is 3. The van der Waals surface area contributed by atoms with E-state index in [1.807, 2.05) is 6.08 Å². The average Bonchev–Trinajstić information content (AvgIpc) is 3.22. The van der Waals surface area contributed by atoms with Gasteiger partial charge in [0.15, 0.2) is 0 Å². The highest BCUT2D eigenvalue weighted by molar-refractivity contribution is 5.76. The van der Waals surface area contributed by atoms with Crippen molar-refractivity contribution >= 4 is 5.91 Å². The summed E-state index contributed by atoms with van der Waals surface area (Å²) in [6, 6.07) is -0.767. The fourth-order valence-electron chi connectivity index (χ4n) is 7.47. The van der Waals surface area contributed by atoms with Crippen molar-refractivity contribution in [1.82, 2.24) is 5.32 Å². The molecule has 0 aromatic carbocycles. The van der Waals surface area contributed by atoms with E-state index in [9.17, 15) is 20.1 Å². The second-order valence-electron chi connectivity index (χ2n) is 17.0. The average molecular weight is 812 g/mol. The molecule has 0 spiro atoms. The molecule has 0 aromatic rings. The van der Waals surface area contributed by atoms with E-state index in [1.54, 1.807) is 6.08 Å². The molecule has 0 radical (unpaired) electrons. The van der Waals surface area contributed by atoms with Crippen LogP contribution >= 0.6 is 0 Å². The molecule has 0 fully saturated rings. The summed E-state index contributed by atoms with van der Waals surface area (Å²) in [5.74, 6) is -0.332. The summed E-state index contributed by atoms with van der Waals surface area (Å²) in [5, 5.41) is 33.1. The predicted octanol–water partition coefficient (Wildman–Crippen LogP) is 15.0. The van der Waals surface area contributed by atoms with Gasteiger partial charge in [0.25, 0.3) is 0 Å². The molecule has 4 N–H and O–H groups in total. The molecule has 0 aromatic heterocycles. The number of allylic oxidation sites excluding steroid dienone is 9. The first kappa shape index (κ1) is 56.0. The van der Waals surface area contributed by atoms with Crippen molar-refractivity contribution in [2.24, 2.45) is 0 Å². The van der Waals surface area contributed by atoms with Crippen molar-refractivity contribution in [3.8, 4) is 0 Å². The number of unbranched alkanes of at least 4 members (excludes halogenated alkanes) is 28. The minimum Gasteiger partial charge on any atom is -0.394 e. The molecule has 0 rings (SSSR count). The van der Waals surface area contributed by atoms with Crippen LogP contribution in [0.2, 0.25) is 0 Å². The number of carbonyl (C=O) groups is 1. The Labute approximate surface area is 360 Å². The number of amides is 1. The molecular weight excluding hydrogens is 715 g/mol. The van der Waals surface area contributed by atoms with Crippen LogP contribution in [0.1, 0.15) is 245 Å². The quantitative estimate of drug-likeness (QED) is 0.0364. The minimum absolute atomic E-state index is 0.000570. The highest BCUT2D eigenvalue weighted by atomic mass is 16.3. The van der Waals surface area contributed by atoms with Crippen LogP contribution < -0.4 is 5.32 Å². The van der Waals surface area contributed by atoms with Crippen LogP contribution in [0.4, 0.5) is 0 Å². The second kappa shape index (κ2) is 47.7. The van der Waals surface area contributed by atoms with Gasteiger partial charge >= 0.3 is 0 Å². The van der Waals surface area contributed by atoms with Gasteiger partial charge in [-0.05, 0) is 70.6 Å². The number of hydrogen-bond donors (Lipinski definition) is 4. The van der Waals surface area contributed by atoms with Crippen LogP contribution in [0.15, 0.2) is 60.8 Å². The van der Waals surface area contributed by atoms with Crippen molar-refractivity contribution in [2.75, 3.05) is 6.61 Å². The van der Waals surface area contributed by atoms with E-state index < -0.39 is 18.2 Å². The van der Waals surface area contributed by atoms with E-state index >= 15 is 0 Å². The van der Waals surface area contributed by atoms with Gasteiger partial charge in [-0.3, -0.25) is 4.79 Å². The molecule has 0 aliphatic carbocycles. The Morgan fingerprint density at radius 3 is 1.28 bits per heavy atom. The van der Waals surface area contributed by atoms with Gasteiger partial charge in [0.1, 0.15) is 0 Å². The Morgan fingerprint density at radius 2 is 0.845 bits per heavy atom. The van der Waals surface area contributed by atoms with Crippen LogP contribution in [-0.2, 0) is 4.79 Å². The van der Waals surface area contributed by atoms with Crippen LogP contribution in [0.25, 0.3) is 0 Å². The molecule has 58 heavy (non-hydrogen) atoms. The summed E-state index contributed by atoms with van der Waals surface area (Å²) in [7, 11) is 0. The first-order valence-electron chi connectivity index (χ1n) is 25.1. The molecule has 338 valence electrons.